The van der Waals surface area contributed by atoms with Crippen LogP contribution in [0.5, 0.6) is 0 Å². The van der Waals surface area contributed by atoms with Crippen molar-refractivity contribution in [1.29, 1.82) is 0 Å². The number of hydrogen-bond donors (Lipinski definition) is 0. The molecule has 0 aromatic rings. The molecule has 0 spiro atoms. The van der Waals surface area contributed by atoms with Gasteiger partial charge in [0.25, 0.3) is 0 Å². The highest BCUT2D eigenvalue weighted by molar-refractivity contribution is 5.77. The third-order valence-corrected chi connectivity index (χ3v) is 2.58. The summed E-state index contributed by atoms with van der Waals surface area (Å²) in [7, 11) is 0. The number of carbonyl (C=O) groups is 1. The van der Waals surface area contributed by atoms with Crippen molar-refractivity contribution in [2.24, 2.45) is 0 Å². The van der Waals surface area contributed by atoms with E-state index in [1.165, 1.54) is 0 Å². The van der Waals surface area contributed by atoms with Crippen molar-refractivity contribution in [1.82, 2.24) is 9.80 Å². The number of carbonyl (C=O) groups excluding carboxylic acids is 1. The van der Waals surface area contributed by atoms with Crippen molar-refractivity contribution < 1.29 is 4.79 Å². The molecule has 1 heterocycles. The zero-order chi connectivity index (χ0) is 10.2. The third kappa shape index (κ3) is 1.79. The lowest BCUT2D eigenvalue weighted by Crippen LogP contribution is -2.40. The Morgan fingerprint density at radius 1 is 1.23 bits per heavy atom. The molecule has 0 aliphatic carbocycles. The second kappa shape index (κ2) is 3.56. The summed E-state index contributed by atoms with van der Waals surface area (Å²) in [4.78, 5) is 15.7. The van der Waals surface area contributed by atoms with Crippen LogP contribution in [0, 0.1) is 0 Å². The quantitative estimate of drug-likeness (QED) is 0.643. The lowest BCUT2D eigenvalue weighted by atomic mass is 10.2. The smallest absolute Gasteiger partial charge is 0.320 e. The first-order valence-electron chi connectivity index (χ1n) is 5.04. The van der Waals surface area contributed by atoms with E-state index in [0.717, 1.165) is 6.54 Å². The van der Waals surface area contributed by atoms with Crippen LogP contribution in [0.4, 0.5) is 4.79 Å². The molecule has 76 valence electrons. The summed E-state index contributed by atoms with van der Waals surface area (Å²) in [5, 5.41) is 0. The Balaban J connectivity index is 2.75. The van der Waals surface area contributed by atoms with E-state index in [0.29, 0.717) is 18.1 Å². The van der Waals surface area contributed by atoms with Crippen molar-refractivity contribution in [3.05, 3.63) is 0 Å². The van der Waals surface area contributed by atoms with Crippen molar-refractivity contribution in [3.8, 4) is 0 Å². The largest absolute Gasteiger partial charge is 0.320 e. The highest BCUT2D eigenvalue weighted by Crippen LogP contribution is 2.20. The fraction of sp³-hybridized carbons (Fsp3) is 0.900. The number of hydrogen-bond acceptors (Lipinski definition) is 1. The van der Waals surface area contributed by atoms with Gasteiger partial charge >= 0.3 is 6.03 Å². The molecule has 0 radical (unpaired) electrons. The molecule has 2 amide bonds. The van der Waals surface area contributed by atoms with E-state index < -0.39 is 0 Å². The maximum Gasteiger partial charge on any atom is 0.320 e. The summed E-state index contributed by atoms with van der Waals surface area (Å²) in [5.74, 6) is 0. The third-order valence-electron chi connectivity index (χ3n) is 2.58. The van der Waals surface area contributed by atoms with E-state index in [2.05, 4.69) is 34.6 Å². The molecule has 0 bridgehead atoms. The number of nitrogens with zero attached hydrogens (tertiary/aromatic N) is 2. The van der Waals surface area contributed by atoms with Crippen LogP contribution in [-0.4, -0.2) is 40.5 Å². The molecular weight excluding hydrogens is 164 g/mol. The molecule has 0 aromatic heterocycles. The molecule has 1 aliphatic rings. The topological polar surface area (TPSA) is 23.6 Å². The van der Waals surface area contributed by atoms with Gasteiger partial charge in [-0.15, -0.1) is 0 Å². The summed E-state index contributed by atoms with van der Waals surface area (Å²) in [6.07, 6.45) is 0. The fourth-order valence-corrected chi connectivity index (χ4v) is 1.95. The fourth-order valence-electron chi connectivity index (χ4n) is 1.95. The second-order valence-electron chi connectivity index (χ2n) is 4.38. The van der Waals surface area contributed by atoms with Gasteiger partial charge in [0.05, 0.1) is 0 Å². The highest BCUT2D eigenvalue weighted by Gasteiger charge is 2.36. The minimum Gasteiger partial charge on any atom is -0.320 e. The van der Waals surface area contributed by atoms with Gasteiger partial charge in [-0.2, -0.15) is 0 Å². The van der Waals surface area contributed by atoms with Crippen LogP contribution < -0.4 is 0 Å². The Labute approximate surface area is 80.7 Å². The molecule has 1 unspecified atom stereocenters. The first-order valence-corrected chi connectivity index (χ1v) is 5.04. The Bertz CT molecular complexity index is 201. The van der Waals surface area contributed by atoms with Gasteiger partial charge in [-0.3, -0.25) is 0 Å². The van der Waals surface area contributed by atoms with Gasteiger partial charge in [0.1, 0.15) is 0 Å². The van der Waals surface area contributed by atoms with Crippen LogP contribution in [0.1, 0.15) is 34.6 Å². The van der Waals surface area contributed by atoms with E-state index in [4.69, 9.17) is 0 Å². The lowest BCUT2D eigenvalue weighted by Gasteiger charge is -2.25. The maximum absolute atomic E-state index is 11.9. The van der Waals surface area contributed by atoms with Gasteiger partial charge in [-0.1, -0.05) is 0 Å². The van der Waals surface area contributed by atoms with Gasteiger partial charge in [0.15, 0.2) is 0 Å². The van der Waals surface area contributed by atoms with Crippen molar-refractivity contribution in [2.75, 3.05) is 6.54 Å². The minimum absolute atomic E-state index is 0.192. The van der Waals surface area contributed by atoms with Gasteiger partial charge in [0.2, 0.25) is 0 Å². The molecule has 0 aromatic carbocycles. The summed E-state index contributed by atoms with van der Waals surface area (Å²) in [6.45, 7) is 11.2. The van der Waals surface area contributed by atoms with Crippen LogP contribution in [0.15, 0.2) is 0 Å². The van der Waals surface area contributed by atoms with Crippen LogP contribution in [0.25, 0.3) is 0 Å². The minimum atomic E-state index is 0.192. The molecule has 3 heteroatoms. The predicted octanol–water partition coefficient (Wildman–Crippen LogP) is 1.93. The van der Waals surface area contributed by atoms with Gasteiger partial charge < -0.3 is 9.80 Å². The molecule has 13 heavy (non-hydrogen) atoms. The molecular formula is C10H20N2O. The SMILES string of the molecule is CC(C)N1CC(C)N(C(C)C)C1=O. The average Bonchev–Trinajstić information content (AvgIpc) is 2.26. The standard InChI is InChI=1S/C10H20N2O/c1-7(2)11-6-9(5)12(8(3)4)10(11)13/h7-9H,6H2,1-5H3. The molecule has 1 fully saturated rings. The first-order chi connectivity index (χ1) is 5.95. The van der Waals surface area contributed by atoms with Crippen LogP contribution in [0.3, 0.4) is 0 Å². The average molecular weight is 184 g/mol. The van der Waals surface area contributed by atoms with Crippen molar-refractivity contribution >= 4 is 6.03 Å². The van der Waals surface area contributed by atoms with Crippen molar-refractivity contribution in [3.63, 3.8) is 0 Å². The number of rotatable bonds is 2. The molecule has 0 saturated carbocycles. The predicted molar refractivity (Wildman–Crippen MR) is 53.7 cm³/mol. The Morgan fingerprint density at radius 2 is 1.77 bits per heavy atom. The van der Waals surface area contributed by atoms with Gasteiger partial charge in [-0.05, 0) is 34.6 Å². The monoisotopic (exact) mass is 184 g/mol. The maximum atomic E-state index is 11.9. The first kappa shape index (κ1) is 10.4. The Morgan fingerprint density at radius 3 is 2.00 bits per heavy atom. The summed E-state index contributed by atoms with van der Waals surface area (Å²) in [5.41, 5.74) is 0. The number of urea groups is 1. The van der Waals surface area contributed by atoms with Crippen LogP contribution in [0.2, 0.25) is 0 Å². The summed E-state index contributed by atoms with van der Waals surface area (Å²) < 4.78 is 0. The molecule has 0 N–H and O–H groups in total. The Kier molecular flexibility index (Phi) is 2.84. The van der Waals surface area contributed by atoms with E-state index >= 15 is 0 Å². The van der Waals surface area contributed by atoms with E-state index in [9.17, 15) is 4.79 Å². The highest BCUT2D eigenvalue weighted by atomic mass is 16.2. The zero-order valence-corrected chi connectivity index (χ0v) is 9.24. The van der Waals surface area contributed by atoms with Gasteiger partial charge in [0, 0.05) is 24.7 Å². The lowest BCUT2D eigenvalue weighted by molar-refractivity contribution is 0.169. The molecule has 1 saturated heterocycles. The zero-order valence-electron chi connectivity index (χ0n) is 9.24. The number of amides is 2. The Hall–Kier alpha value is -0.730. The second-order valence-corrected chi connectivity index (χ2v) is 4.38. The van der Waals surface area contributed by atoms with E-state index in [1.807, 2.05) is 9.80 Å². The molecule has 1 rings (SSSR count). The van der Waals surface area contributed by atoms with Crippen molar-refractivity contribution in [2.45, 2.75) is 52.7 Å². The van der Waals surface area contributed by atoms with E-state index in [1.54, 1.807) is 0 Å². The van der Waals surface area contributed by atoms with Gasteiger partial charge in [-0.25, -0.2) is 4.79 Å². The van der Waals surface area contributed by atoms with E-state index in [-0.39, 0.29) is 6.03 Å². The van der Waals surface area contributed by atoms with Crippen LogP contribution >= 0.6 is 0 Å². The summed E-state index contributed by atoms with van der Waals surface area (Å²) in [6, 6.07) is 1.18. The summed E-state index contributed by atoms with van der Waals surface area (Å²) >= 11 is 0. The molecule has 1 aliphatic heterocycles. The molecule has 3 nitrogen and oxygen atoms in total. The normalized spacial score (nSPS) is 23.9. The molecule has 1 atom stereocenters. The van der Waals surface area contributed by atoms with Crippen LogP contribution in [-0.2, 0) is 0 Å².